The number of rotatable bonds is 5. The first-order valence-electron chi connectivity index (χ1n) is 6.81. The van der Waals surface area contributed by atoms with Crippen molar-refractivity contribution in [1.29, 1.82) is 0 Å². The summed E-state index contributed by atoms with van der Waals surface area (Å²) in [7, 11) is 1.91. The zero-order chi connectivity index (χ0) is 14.5. The summed E-state index contributed by atoms with van der Waals surface area (Å²) in [4.78, 5) is 12.1. The van der Waals surface area contributed by atoms with E-state index in [1.807, 2.05) is 44.3 Å². The zero-order valence-corrected chi connectivity index (χ0v) is 12.1. The monoisotopic (exact) mass is 272 g/mol. The Bertz CT molecular complexity index is 590. The van der Waals surface area contributed by atoms with Gasteiger partial charge in [-0.1, -0.05) is 19.1 Å². The third kappa shape index (κ3) is 3.27. The SMILES string of the molecule is CCc1ccc(C(=O)Nc2cccc(C(C)NC)c2)o1. The molecule has 1 aromatic carbocycles. The molecule has 4 nitrogen and oxygen atoms in total. The largest absolute Gasteiger partial charge is 0.456 e. The lowest BCUT2D eigenvalue weighted by Crippen LogP contribution is -2.14. The predicted octanol–water partition coefficient (Wildman–Crippen LogP) is 3.37. The fourth-order valence-corrected chi connectivity index (χ4v) is 1.94. The van der Waals surface area contributed by atoms with Gasteiger partial charge in [-0.3, -0.25) is 4.79 Å². The van der Waals surface area contributed by atoms with Gasteiger partial charge in [0.2, 0.25) is 0 Å². The van der Waals surface area contributed by atoms with Crippen LogP contribution >= 0.6 is 0 Å². The van der Waals surface area contributed by atoms with Crippen LogP contribution < -0.4 is 10.6 Å². The Labute approximate surface area is 119 Å². The Balaban J connectivity index is 2.11. The van der Waals surface area contributed by atoms with E-state index in [0.29, 0.717) is 5.76 Å². The Morgan fingerprint density at radius 3 is 2.75 bits per heavy atom. The number of anilines is 1. The summed E-state index contributed by atoms with van der Waals surface area (Å²) in [6.45, 7) is 4.06. The van der Waals surface area contributed by atoms with Crippen LogP contribution in [0.3, 0.4) is 0 Å². The van der Waals surface area contributed by atoms with Crippen molar-refractivity contribution >= 4 is 11.6 Å². The molecule has 0 aliphatic heterocycles. The first-order valence-corrected chi connectivity index (χ1v) is 6.81. The Morgan fingerprint density at radius 1 is 1.30 bits per heavy atom. The molecule has 0 saturated carbocycles. The number of furan rings is 1. The van der Waals surface area contributed by atoms with Crippen LogP contribution in [0.15, 0.2) is 40.8 Å². The van der Waals surface area contributed by atoms with E-state index in [-0.39, 0.29) is 11.9 Å². The smallest absolute Gasteiger partial charge is 0.291 e. The van der Waals surface area contributed by atoms with Crippen LogP contribution in [0, 0.1) is 0 Å². The summed E-state index contributed by atoms with van der Waals surface area (Å²) in [6.07, 6.45) is 0.780. The second-order valence-corrected chi connectivity index (χ2v) is 4.71. The Hall–Kier alpha value is -2.07. The van der Waals surface area contributed by atoms with Gasteiger partial charge in [-0.2, -0.15) is 0 Å². The highest BCUT2D eigenvalue weighted by molar-refractivity contribution is 6.02. The van der Waals surface area contributed by atoms with Gasteiger partial charge in [-0.05, 0) is 43.8 Å². The number of benzene rings is 1. The van der Waals surface area contributed by atoms with Crippen molar-refractivity contribution in [3.63, 3.8) is 0 Å². The molecule has 1 unspecified atom stereocenters. The Morgan fingerprint density at radius 2 is 2.10 bits per heavy atom. The van der Waals surface area contributed by atoms with Crippen LogP contribution in [0.4, 0.5) is 5.69 Å². The summed E-state index contributed by atoms with van der Waals surface area (Å²) < 4.78 is 5.44. The van der Waals surface area contributed by atoms with Crippen molar-refractivity contribution in [3.05, 3.63) is 53.5 Å². The van der Waals surface area contributed by atoms with E-state index >= 15 is 0 Å². The normalized spacial score (nSPS) is 12.2. The average Bonchev–Trinajstić information content (AvgIpc) is 2.95. The zero-order valence-electron chi connectivity index (χ0n) is 12.1. The van der Waals surface area contributed by atoms with Crippen molar-refractivity contribution in [2.75, 3.05) is 12.4 Å². The maximum atomic E-state index is 12.1. The van der Waals surface area contributed by atoms with E-state index in [9.17, 15) is 4.79 Å². The second-order valence-electron chi connectivity index (χ2n) is 4.71. The van der Waals surface area contributed by atoms with Crippen molar-refractivity contribution in [2.45, 2.75) is 26.3 Å². The molecule has 1 heterocycles. The van der Waals surface area contributed by atoms with Gasteiger partial charge in [0.15, 0.2) is 5.76 Å². The molecule has 4 heteroatoms. The minimum absolute atomic E-state index is 0.223. The third-order valence-electron chi connectivity index (χ3n) is 3.31. The van der Waals surface area contributed by atoms with Crippen LogP contribution in [0.25, 0.3) is 0 Å². The highest BCUT2D eigenvalue weighted by atomic mass is 16.3. The van der Waals surface area contributed by atoms with Crippen LogP contribution in [-0.4, -0.2) is 13.0 Å². The molecule has 0 spiro atoms. The number of nitrogens with one attached hydrogen (secondary N) is 2. The predicted molar refractivity (Wildman–Crippen MR) is 80.0 cm³/mol. The lowest BCUT2D eigenvalue weighted by molar-refractivity contribution is 0.0995. The van der Waals surface area contributed by atoms with Gasteiger partial charge in [0.05, 0.1) is 0 Å². The minimum atomic E-state index is -0.223. The molecule has 2 rings (SSSR count). The van der Waals surface area contributed by atoms with E-state index in [2.05, 4.69) is 17.6 Å². The quantitative estimate of drug-likeness (QED) is 0.877. The average molecular weight is 272 g/mol. The summed E-state index contributed by atoms with van der Waals surface area (Å²) >= 11 is 0. The molecule has 1 aromatic heterocycles. The maximum Gasteiger partial charge on any atom is 0.291 e. The summed E-state index contributed by atoms with van der Waals surface area (Å²) in [5.74, 6) is 0.931. The van der Waals surface area contributed by atoms with E-state index < -0.39 is 0 Å². The second kappa shape index (κ2) is 6.39. The first-order chi connectivity index (χ1) is 9.63. The lowest BCUT2D eigenvalue weighted by atomic mass is 10.1. The topological polar surface area (TPSA) is 54.3 Å². The van der Waals surface area contributed by atoms with Crippen molar-refractivity contribution in [1.82, 2.24) is 5.32 Å². The molecule has 1 atom stereocenters. The molecular formula is C16H20N2O2. The van der Waals surface area contributed by atoms with E-state index in [4.69, 9.17) is 4.42 Å². The fourth-order valence-electron chi connectivity index (χ4n) is 1.94. The van der Waals surface area contributed by atoms with Crippen LogP contribution in [-0.2, 0) is 6.42 Å². The van der Waals surface area contributed by atoms with Gasteiger partial charge in [0.1, 0.15) is 5.76 Å². The van der Waals surface area contributed by atoms with Gasteiger partial charge >= 0.3 is 0 Å². The molecule has 2 aromatic rings. The minimum Gasteiger partial charge on any atom is -0.456 e. The Kier molecular flexibility index (Phi) is 4.58. The first kappa shape index (κ1) is 14.3. The molecule has 2 N–H and O–H groups in total. The standard InChI is InChI=1S/C16H20N2O2/c1-4-14-8-9-15(20-14)16(19)18-13-7-5-6-12(10-13)11(2)17-3/h5-11,17H,4H2,1-3H3,(H,18,19). The van der Waals surface area contributed by atoms with Crippen molar-refractivity contribution in [2.24, 2.45) is 0 Å². The summed E-state index contributed by atoms with van der Waals surface area (Å²) in [5, 5.41) is 6.03. The van der Waals surface area contributed by atoms with Gasteiger partial charge in [-0.15, -0.1) is 0 Å². The highest BCUT2D eigenvalue weighted by Gasteiger charge is 2.11. The molecule has 20 heavy (non-hydrogen) atoms. The van der Waals surface area contributed by atoms with E-state index in [1.54, 1.807) is 6.07 Å². The fraction of sp³-hybridized carbons (Fsp3) is 0.312. The number of aryl methyl sites for hydroxylation is 1. The lowest BCUT2D eigenvalue weighted by Gasteiger charge is -2.12. The van der Waals surface area contributed by atoms with E-state index in [0.717, 1.165) is 23.4 Å². The third-order valence-corrected chi connectivity index (χ3v) is 3.31. The highest BCUT2D eigenvalue weighted by Crippen LogP contribution is 2.18. The number of hydrogen-bond donors (Lipinski definition) is 2. The number of amides is 1. The summed E-state index contributed by atoms with van der Waals surface area (Å²) in [6, 6.07) is 11.6. The maximum absolute atomic E-state index is 12.1. The number of carbonyl (C=O) groups is 1. The van der Waals surface area contributed by atoms with Crippen LogP contribution in [0.5, 0.6) is 0 Å². The molecule has 0 bridgehead atoms. The molecule has 0 radical (unpaired) electrons. The molecule has 0 fully saturated rings. The van der Waals surface area contributed by atoms with Crippen molar-refractivity contribution < 1.29 is 9.21 Å². The van der Waals surface area contributed by atoms with E-state index in [1.165, 1.54) is 0 Å². The van der Waals surface area contributed by atoms with Gasteiger partial charge < -0.3 is 15.1 Å². The van der Waals surface area contributed by atoms with Gasteiger partial charge in [0, 0.05) is 18.2 Å². The molecule has 106 valence electrons. The summed E-state index contributed by atoms with van der Waals surface area (Å²) in [5.41, 5.74) is 1.89. The van der Waals surface area contributed by atoms with Gasteiger partial charge in [0.25, 0.3) is 5.91 Å². The molecule has 1 amide bonds. The number of carbonyl (C=O) groups excluding carboxylic acids is 1. The molecular weight excluding hydrogens is 252 g/mol. The van der Waals surface area contributed by atoms with Crippen LogP contribution in [0.1, 0.15) is 41.8 Å². The number of hydrogen-bond acceptors (Lipinski definition) is 3. The molecule has 0 aliphatic rings. The van der Waals surface area contributed by atoms with Crippen LogP contribution in [0.2, 0.25) is 0 Å². The molecule has 0 saturated heterocycles. The van der Waals surface area contributed by atoms with Crippen molar-refractivity contribution in [3.8, 4) is 0 Å². The molecule has 0 aliphatic carbocycles. The van der Waals surface area contributed by atoms with Gasteiger partial charge in [-0.25, -0.2) is 0 Å².